The van der Waals surface area contributed by atoms with Crippen molar-refractivity contribution in [2.24, 2.45) is 0 Å². The van der Waals surface area contributed by atoms with Crippen LogP contribution in [0, 0.1) is 0 Å². The number of ether oxygens (including phenoxy) is 1. The van der Waals surface area contributed by atoms with E-state index < -0.39 is 18.4 Å². The van der Waals surface area contributed by atoms with E-state index in [1.165, 1.54) is 18.4 Å². The molecule has 0 spiro atoms. The molecule has 0 saturated heterocycles. The van der Waals surface area contributed by atoms with Gasteiger partial charge in [0.05, 0.1) is 0 Å². The van der Waals surface area contributed by atoms with Gasteiger partial charge in [0.1, 0.15) is 0 Å². The Balaban J connectivity index is 2.51. The van der Waals surface area contributed by atoms with Crippen molar-refractivity contribution in [3.63, 3.8) is 0 Å². The van der Waals surface area contributed by atoms with Gasteiger partial charge in [0.15, 0.2) is 0 Å². The summed E-state index contributed by atoms with van der Waals surface area (Å²) in [6.07, 6.45) is 2.40. The van der Waals surface area contributed by atoms with Crippen LogP contribution in [0.3, 0.4) is 0 Å². The van der Waals surface area contributed by atoms with Gasteiger partial charge in [-0.25, -0.2) is 0 Å². The summed E-state index contributed by atoms with van der Waals surface area (Å²) in [6.45, 7) is 3.93. The Bertz CT molecular complexity index is 288. The molecule has 1 aromatic heterocycles. The van der Waals surface area contributed by atoms with Gasteiger partial charge in [0, 0.05) is 0 Å². The summed E-state index contributed by atoms with van der Waals surface area (Å²) in [5.74, 6) is 0. The van der Waals surface area contributed by atoms with Crippen LogP contribution in [-0.2, 0) is 11.3 Å². The van der Waals surface area contributed by atoms with Gasteiger partial charge in [-0.05, 0) is 0 Å². The second-order valence-electron chi connectivity index (χ2n) is 4.93. The molecule has 15 heavy (non-hydrogen) atoms. The fraction of sp³-hybridized carbons (Fsp3) is 0.667. The molecular weight excluding hydrogens is 311 g/mol. The van der Waals surface area contributed by atoms with E-state index in [4.69, 9.17) is 4.74 Å². The summed E-state index contributed by atoms with van der Waals surface area (Å²) < 4.78 is 7.36. The van der Waals surface area contributed by atoms with Crippen molar-refractivity contribution in [2.75, 3.05) is 6.61 Å². The molecule has 0 aromatic carbocycles. The van der Waals surface area contributed by atoms with Gasteiger partial charge in [-0.3, -0.25) is 0 Å². The van der Waals surface area contributed by atoms with Gasteiger partial charge in [-0.15, -0.1) is 0 Å². The predicted octanol–water partition coefficient (Wildman–Crippen LogP) is 3.61. The van der Waals surface area contributed by atoms with Crippen LogP contribution >= 0.6 is 11.3 Å². The van der Waals surface area contributed by atoms with E-state index >= 15 is 0 Å². The number of rotatable bonds is 6. The summed E-state index contributed by atoms with van der Waals surface area (Å²) in [4.78, 5) is 7.40. The van der Waals surface area contributed by atoms with E-state index in [0.29, 0.717) is 0 Å². The minimum atomic E-state index is -1.87. The Kier molecular flexibility index (Phi) is 5.64. The van der Waals surface area contributed by atoms with Gasteiger partial charge in [-0.2, -0.15) is 0 Å². The SMILES string of the molecule is CCCCOCc1ccs[c]1[Sn]([CH3])([CH3])[CH3]. The molecule has 1 rings (SSSR count). The molecule has 0 radical (unpaired) electrons. The van der Waals surface area contributed by atoms with E-state index in [0.717, 1.165) is 13.2 Å². The fourth-order valence-corrected chi connectivity index (χ4v) is 9.34. The molecule has 86 valence electrons. The topological polar surface area (TPSA) is 9.23 Å². The first kappa shape index (κ1) is 13.5. The summed E-state index contributed by atoms with van der Waals surface area (Å²) in [5, 5.41) is 2.22. The van der Waals surface area contributed by atoms with E-state index in [1.807, 2.05) is 11.3 Å². The zero-order valence-electron chi connectivity index (χ0n) is 10.3. The van der Waals surface area contributed by atoms with Crippen LogP contribution in [0.4, 0.5) is 0 Å². The van der Waals surface area contributed by atoms with Gasteiger partial charge in [-0.1, -0.05) is 0 Å². The molecule has 0 saturated carbocycles. The van der Waals surface area contributed by atoms with Gasteiger partial charge >= 0.3 is 102 Å². The normalized spacial score (nSPS) is 12.0. The zero-order valence-corrected chi connectivity index (χ0v) is 14.0. The van der Waals surface area contributed by atoms with Crippen LogP contribution in [0.1, 0.15) is 25.3 Å². The van der Waals surface area contributed by atoms with E-state index in [9.17, 15) is 0 Å². The number of hydrogen-bond acceptors (Lipinski definition) is 2. The fourth-order valence-electron chi connectivity index (χ4n) is 1.54. The Labute approximate surface area is 102 Å². The van der Waals surface area contributed by atoms with Crippen molar-refractivity contribution in [2.45, 2.75) is 41.2 Å². The first-order chi connectivity index (χ1) is 7.05. The van der Waals surface area contributed by atoms with Gasteiger partial charge in [0.25, 0.3) is 0 Å². The molecular formula is C12H22OSSn. The summed E-state index contributed by atoms with van der Waals surface area (Å²) in [6, 6.07) is 2.24. The van der Waals surface area contributed by atoms with Crippen molar-refractivity contribution in [1.29, 1.82) is 0 Å². The number of unbranched alkanes of at least 4 members (excludes halogenated alkanes) is 1. The molecule has 0 aliphatic rings. The van der Waals surface area contributed by atoms with Crippen LogP contribution in [0.25, 0.3) is 0 Å². The molecule has 0 amide bonds. The minimum absolute atomic E-state index is 0.826. The van der Waals surface area contributed by atoms with E-state index in [2.05, 4.69) is 33.2 Å². The van der Waals surface area contributed by atoms with Crippen LogP contribution in [0.5, 0.6) is 0 Å². The van der Waals surface area contributed by atoms with Crippen molar-refractivity contribution in [3.8, 4) is 0 Å². The molecule has 0 atom stereocenters. The molecule has 0 aliphatic carbocycles. The first-order valence-corrected chi connectivity index (χ1v) is 16.6. The Hall–Kier alpha value is 0.459. The number of thiophene rings is 1. The monoisotopic (exact) mass is 334 g/mol. The van der Waals surface area contributed by atoms with Crippen molar-refractivity contribution in [1.82, 2.24) is 0 Å². The first-order valence-electron chi connectivity index (χ1n) is 5.70. The quantitative estimate of drug-likeness (QED) is 0.571. The summed E-state index contributed by atoms with van der Waals surface area (Å²) >= 11 is 0.0595. The Morgan fingerprint density at radius 3 is 2.67 bits per heavy atom. The molecule has 3 heteroatoms. The van der Waals surface area contributed by atoms with E-state index in [-0.39, 0.29) is 0 Å². The maximum absolute atomic E-state index is 5.69. The summed E-state index contributed by atoms with van der Waals surface area (Å²) in [5.41, 5.74) is 1.46. The molecule has 1 aromatic rings. The predicted molar refractivity (Wildman–Crippen MR) is 71.9 cm³/mol. The van der Waals surface area contributed by atoms with Crippen LogP contribution in [0.2, 0.25) is 14.8 Å². The zero-order chi connectivity index (χ0) is 11.3. The van der Waals surface area contributed by atoms with Crippen LogP contribution in [0.15, 0.2) is 11.4 Å². The molecule has 0 aliphatic heterocycles. The standard InChI is InChI=1S/C9H13OS.3CH3.Sn/c1-2-3-5-10-7-9-4-6-11-8-9;;;;/h4,6H,2-3,5,7H2,1H3;3*1H3;. The Morgan fingerprint density at radius 2 is 2.07 bits per heavy atom. The van der Waals surface area contributed by atoms with Gasteiger partial charge in [0.2, 0.25) is 0 Å². The molecule has 1 nitrogen and oxygen atoms in total. The molecule has 0 bridgehead atoms. The maximum atomic E-state index is 5.69. The average molecular weight is 333 g/mol. The van der Waals surface area contributed by atoms with Gasteiger partial charge < -0.3 is 0 Å². The van der Waals surface area contributed by atoms with Crippen molar-refractivity contribution >= 4 is 32.6 Å². The number of hydrogen-bond donors (Lipinski definition) is 0. The molecule has 0 unspecified atom stereocenters. The summed E-state index contributed by atoms with van der Waals surface area (Å²) in [7, 11) is 0. The van der Waals surface area contributed by atoms with E-state index in [1.54, 1.807) is 2.89 Å². The van der Waals surface area contributed by atoms with Crippen LogP contribution < -0.4 is 2.89 Å². The third kappa shape index (κ3) is 4.45. The molecule has 1 heterocycles. The Morgan fingerprint density at radius 1 is 1.33 bits per heavy atom. The third-order valence-corrected chi connectivity index (χ3v) is 13.0. The average Bonchev–Trinajstić information content (AvgIpc) is 2.59. The molecule has 0 N–H and O–H groups in total. The third-order valence-electron chi connectivity index (χ3n) is 2.33. The van der Waals surface area contributed by atoms with Crippen molar-refractivity contribution < 1.29 is 4.74 Å². The molecule has 0 fully saturated rings. The van der Waals surface area contributed by atoms with Crippen LogP contribution in [-0.4, -0.2) is 25.0 Å². The second kappa shape index (κ2) is 6.26. The second-order valence-corrected chi connectivity index (χ2v) is 21.2. The van der Waals surface area contributed by atoms with Crippen molar-refractivity contribution in [3.05, 3.63) is 17.0 Å².